The van der Waals surface area contributed by atoms with Gasteiger partial charge in [-0.3, -0.25) is 9.59 Å². The molecule has 0 saturated carbocycles. The van der Waals surface area contributed by atoms with Gasteiger partial charge >= 0.3 is 6.18 Å². The molecule has 0 aliphatic rings. The van der Waals surface area contributed by atoms with Crippen molar-refractivity contribution in [3.8, 4) is 0 Å². The summed E-state index contributed by atoms with van der Waals surface area (Å²) in [6.45, 7) is -0.323. The van der Waals surface area contributed by atoms with Gasteiger partial charge in [-0.15, -0.1) is 0 Å². The van der Waals surface area contributed by atoms with E-state index in [1.54, 1.807) is 30.3 Å². The van der Waals surface area contributed by atoms with Crippen LogP contribution in [0.25, 0.3) is 0 Å². The first-order valence-electron chi connectivity index (χ1n) is 9.22. The average Bonchev–Trinajstić information content (AvgIpc) is 2.71. The molecule has 2 aromatic carbocycles. The van der Waals surface area contributed by atoms with Crippen LogP contribution in [0.5, 0.6) is 0 Å². The van der Waals surface area contributed by atoms with E-state index in [0.717, 1.165) is 6.26 Å². The molecule has 0 aromatic heterocycles. The lowest BCUT2D eigenvalue weighted by atomic mass is 9.90. The second kappa shape index (κ2) is 10.1. The fourth-order valence-electron chi connectivity index (χ4n) is 3.04. The summed E-state index contributed by atoms with van der Waals surface area (Å²) in [5.74, 6) is -4.19. The van der Waals surface area contributed by atoms with Crippen LogP contribution in [0.1, 0.15) is 27.4 Å². The first kappa shape index (κ1) is 25.3. The maximum absolute atomic E-state index is 13.4. The number of likely N-dealkylation sites (N-methyl/N-ethyl adjacent to an activating group) is 1. The van der Waals surface area contributed by atoms with Gasteiger partial charge in [0.25, 0.3) is 5.91 Å². The third-order valence-electron chi connectivity index (χ3n) is 4.54. The Balaban J connectivity index is 2.48. The molecule has 2 rings (SSSR count). The highest BCUT2D eigenvalue weighted by Gasteiger charge is 2.37. The highest BCUT2D eigenvalue weighted by Crippen LogP contribution is 2.33. The number of rotatable bonds is 8. The Bertz CT molecular complexity index is 1080. The Morgan fingerprint density at radius 1 is 1.06 bits per heavy atom. The third kappa shape index (κ3) is 6.76. The van der Waals surface area contributed by atoms with Crippen LogP contribution < -0.4 is 15.4 Å². The second-order valence-electron chi connectivity index (χ2n) is 6.89. The minimum Gasteiger partial charge on any atom is -0.357 e. The van der Waals surface area contributed by atoms with Crippen molar-refractivity contribution in [1.82, 2.24) is 15.4 Å². The fraction of sp³-hybridized carbons (Fsp3) is 0.300. The van der Waals surface area contributed by atoms with Gasteiger partial charge < -0.3 is 10.6 Å². The number of benzene rings is 2. The van der Waals surface area contributed by atoms with Crippen molar-refractivity contribution in [3.05, 3.63) is 71.0 Å². The summed E-state index contributed by atoms with van der Waals surface area (Å²) < 4.78 is 78.8. The van der Waals surface area contributed by atoms with Crippen molar-refractivity contribution in [1.29, 1.82) is 0 Å². The van der Waals surface area contributed by atoms with Crippen molar-refractivity contribution in [3.63, 3.8) is 0 Å². The van der Waals surface area contributed by atoms with Crippen LogP contribution in [-0.4, -0.2) is 46.1 Å². The molecule has 2 unspecified atom stereocenters. The first-order chi connectivity index (χ1) is 14.8. The molecule has 174 valence electrons. The van der Waals surface area contributed by atoms with Gasteiger partial charge in [0.15, 0.2) is 0 Å². The van der Waals surface area contributed by atoms with E-state index >= 15 is 0 Å². The number of carbonyl (C=O) groups excluding carboxylic acids is 2. The topological polar surface area (TPSA) is 104 Å². The molecule has 0 radical (unpaired) electrons. The van der Waals surface area contributed by atoms with Crippen molar-refractivity contribution < 1.29 is 35.6 Å². The second-order valence-corrected chi connectivity index (χ2v) is 8.72. The molecule has 12 heteroatoms. The van der Waals surface area contributed by atoms with Crippen LogP contribution in [0.2, 0.25) is 0 Å². The molecule has 0 bridgehead atoms. The van der Waals surface area contributed by atoms with Crippen LogP contribution in [0.4, 0.5) is 17.6 Å². The summed E-state index contributed by atoms with van der Waals surface area (Å²) in [5, 5.41) is 4.55. The molecule has 32 heavy (non-hydrogen) atoms. The van der Waals surface area contributed by atoms with E-state index in [2.05, 4.69) is 15.4 Å². The van der Waals surface area contributed by atoms with Crippen molar-refractivity contribution >= 4 is 21.8 Å². The molecule has 7 nitrogen and oxygen atoms in total. The molecule has 0 aliphatic carbocycles. The van der Waals surface area contributed by atoms with Gasteiger partial charge in [0, 0.05) is 19.5 Å². The zero-order valence-corrected chi connectivity index (χ0v) is 17.9. The summed E-state index contributed by atoms with van der Waals surface area (Å²) in [6, 6.07) is 8.16. The number of amides is 2. The third-order valence-corrected chi connectivity index (χ3v) is 5.23. The monoisotopic (exact) mass is 475 g/mol. The number of alkyl halides is 3. The normalized spacial score (nSPS) is 13.8. The summed E-state index contributed by atoms with van der Waals surface area (Å²) in [6.07, 6.45) is -4.12. The Hall–Kier alpha value is -2.99. The Labute approximate surface area is 182 Å². The van der Waals surface area contributed by atoms with E-state index in [9.17, 15) is 35.6 Å². The predicted octanol–water partition coefficient (Wildman–Crippen LogP) is 2.02. The van der Waals surface area contributed by atoms with Crippen LogP contribution in [0.15, 0.2) is 48.5 Å². The molecule has 2 aromatic rings. The average molecular weight is 475 g/mol. The largest absolute Gasteiger partial charge is 0.417 e. The minimum absolute atomic E-state index is 0.184. The zero-order chi connectivity index (χ0) is 24.1. The lowest BCUT2D eigenvalue weighted by molar-refractivity contribution is -0.138. The van der Waals surface area contributed by atoms with Gasteiger partial charge in [0.05, 0.1) is 17.4 Å². The minimum atomic E-state index is -5.02. The van der Waals surface area contributed by atoms with Gasteiger partial charge in [0.1, 0.15) is 11.9 Å². The number of carbonyl (C=O) groups is 2. The maximum Gasteiger partial charge on any atom is 0.417 e. The zero-order valence-electron chi connectivity index (χ0n) is 17.0. The van der Waals surface area contributed by atoms with E-state index in [1.165, 1.54) is 7.05 Å². The van der Waals surface area contributed by atoms with E-state index < -0.39 is 56.9 Å². The number of nitrogens with one attached hydrogen (secondary N) is 3. The van der Waals surface area contributed by atoms with Crippen molar-refractivity contribution in [2.45, 2.75) is 18.1 Å². The summed E-state index contributed by atoms with van der Waals surface area (Å²) in [4.78, 5) is 25.3. The van der Waals surface area contributed by atoms with Gasteiger partial charge in [-0.05, 0) is 23.8 Å². The lowest BCUT2D eigenvalue weighted by Gasteiger charge is -2.28. The van der Waals surface area contributed by atoms with Crippen LogP contribution in [-0.2, 0) is 21.0 Å². The predicted molar refractivity (Wildman–Crippen MR) is 109 cm³/mol. The molecule has 0 fully saturated rings. The Kier molecular flexibility index (Phi) is 7.97. The summed E-state index contributed by atoms with van der Waals surface area (Å²) in [7, 11) is -2.43. The van der Waals surface area contributed by atoms with E-state index in [4.69, 9.17) is 0 Å². The molecular formula is C20H21F4N3O4S. The van der Waals surface area contributed by atoms with Crippen molar-refractivity contribution in [2.24, 2.45) is 0 Å². The van der Waals surface area contributed by atoms with Gasteiger partial charge in [-0.2, -0.15) is 13.2 Å². The molecule has 2 atom stereocenters. The molecule has 0 heterocycles. The highest BCUT2D eigenvalue weighted by atomic mass is 32.2. The van der Waals surface area contributed by atoms with Gasteiger partial charge in [-0.1, -0.05) is 30.3 Å². The highest BCUT2D eigenvalue weighted by molar-refractivity contribution is 7.88. The van der Waals surface area contributed by atoms with Crippen LogP contribution in [0.3, 0.4) is 0 Å². The van der Waals surface area contributed by atoms with Crippen LogP contribution in [0, 0.1) is 5.82 Å². The molecule has 0 spiro atoms. The van der Waals surface area contributed by atoms with Gasteiger partial charge in [-0.25, -0.2) is 17.5 Å². The van der Waals surface area contributed by atoms with E-state index in [0.29, 0.717) is 17.7 Å². The first-order valence-corrected chi connectivity index (χ1v) is 11.1. The molecule has 3 N–H and O–H groups in total. The molecule has 0 aliphatic heterocycles. The number of hydrogen-bond acceptors (Lipinski definition) is 4. The maximum atomic E-state index is 13.4. The fourth-order valence-corrected chi connectivity index (χ4v) is 3.52. The summed E-state index contributed by atoms with van der Waals surface area (Å²) >= 11 is 0. The lowest BCUT2D eigenvalue weighted by Crippen LogP contribution is -2.52. The molecule has 0 saturated heterocycles. The molecular weight excluding hydrogens is 454 g/mol. The Morgan fingerprint density at radius 3 is 2.22 bits per heavy atom. The van der Waals surface area contributed by atoms with E-state index in [1.807, 2.05) is 0 Å². The standard InChI is InChI=1S/C20H21F4N3O4S/c1-25-19(29)17(15(11-26-32(2,30)31)12-6-4-3-5-7-12)27-18(28)14-9-8-13(21)10-16(14)20(22,23)24/h3-10,15,17,26H,11H2,1-2H3,(H,25,29)(H,27,28). The number of hydrogen-bond donors (Lipinski definition) is 3. The van der Waals surface area contributed by atoms with Crippen LogP contribution >= 0.6 is 0 Å². The number of sulfonamides is 1. The summed E-state index contributed by atoms with van der Waals surface area (Å²) in [5.41, 5.74) is -1.93. The van der Waals surface area contributed by atoms with Crippen molar-refractivity contribution in [2.75, 3.05) is 19.8 Å². The quantitative estimate of drug-likeness (QED) is 0.508. The Morgan fingerprint density at radius 2 is 1.69 bits per heavy atom. The molecule has 2 amide bonds. The number of halogens is 4. The van der Waals surface area contributed by atoms with E-state index in [-0.39, 0.29) is 12.6 Å². The smallest absolute Gasteiger partial charge is 0.357 e. The van der Waals surface area contributed by atoms with Gasteiger partial charge in [0.2, 0.25) is 15.9 Å². The SMILES string of the molecule is CNC(=O)C(NC(=O)c1ccc(F)cc1C(F)(F)F)C(CNS(C)(=O)=O)c1ccccc1.